The third kappa shape index (κ3) is 2.43. The van der Waals surface area contributed by atoms with Gasteiger partial charge in [-0.2, -0.15) is 4.98 Å². The largest absolute Gasteiger partial charge is 0.339 e. The molecule has 0 aliphatic heterocycles. The summed E-state index contributed by atoms with van der Waals surface area (Å²) in [4.78, 5) is 5.56. The highest BCUT2D eigenvalue weighted by Crippen LogP contribution is 2.15. The van der Waals surface area contributed by atoms with Crippen LogP contribution < -0.4 is 5.32 Å². The first-order valence-corrected chi connectivity index (χ1v) is 5.69. The molecule has 0 aromatic carbocycles. The van der Waals surface area contributed by atoms with E-state index in [4.69, 9.17) is 4.52 Å². The Labute approximate surface area is 92.3 Å². The van der Waals surface area contributed by atoms with Gasteiger partial charge in [0.2, 0.25) is 5.89 Å². The van der Waals surface area contributed by atoms with Crippen LogP contribution in [0.3, 0.4) is 0 Å². The van der Waals surface area contributed by atoms with E-state index in [1.807, 2.05) is 25.4 Å². The maximum absolute atomic E-state index is 5.17. The van der Waals surface area contributed by atoms with Crippen molar-refractivity contribution < 1.29 is 4.52 Å². The summed E-state index contributed by atoms with van der Waals surface area (Å²) in [6, 6.07) is 4.22. The summed E-state index contributed by atoms with van der Waals surface area (Å²) in [5.41, 5.74) is 0. The minimum atomic E-state index is 0.130. The Morgan fingerprint density at radius 2 is 2.47 bits per heavy atom. The Kier molecular flexibility index (Phi) is 3.13. The fourth-order valence-corrected chi connectivity index (χ4v) is 1.90. The summed E-state index contributed by atoms with van der Waals surface area (Å²) in [5, 5.41) is 9.04. The second kappa shape index (κ2) is 4.55. The maximum atomic E-state index is 5.17. The third-order valence-corrected chi connectivity index (χ3v) is 3.09. The third-order valence-electron chi connectivity index (χ3n) is 2.21. The fraction of sp³-hybridized carbons (Fsp3) is 0.400. The van der Waals surface area contributed by atoms with Crippen LogP contribution in [0.15, 0.2) is 22.0 Å². The molecule has 0 amide bonds. The molecule has 2 heterocycles. The second-order valence-electron chi connectivity index (χ2n) is 3.31. The molecular formula is C10H13N3OS. The first-order valence-electron chi connectivity index (χ1n) is 4.81. The fourth-order valence-electron chi connectivity index (χ4n) is 1.21. The number of aromatic nitrogens is 2. The molecule has 0 saturated carbocycles. The van der Waals surface area contributed by atoms with Gasteiger partial charge in [-0.3, -0.25) is 0 Å². The van der Waals surface area contributed by atoms with E-state index in [0.717, 1.165) is 6.42 Å². The van der Waals surface area contributed by atoms with Crippen molar-refractivity contribution in [2.24, 2.45) is 0 Å². The number of thiophene rings is 1. The maximum Gasteiger partial charge on any atom is 0.231 e. The monoisotopic (exact) mass is 223 g/mol. The van der Waals surface area contributed by atoms with Gasteiger partial charge >= 0.3 is 0 Å². The number of nitrogens with one attached hydrogen (secondary N) is 1. The Balaban J connectivity index is 2.07. The molecule has 2 aromatic heterocycles. The molecule has 0 fully saturated rings. The van der Waals surface area contributed by atoms with Gasteiger partial charge in [-0.05, 0) is 25.4 Å². The van der Waals surface area contributed by atoms with Gasteiger partial charge < -0.3 is 9.84 Å². The minimum Gasteiger partial charge on any atom is -0.339 e. The molecule has 0 saturated heterocycles. The molecule has 1 N–H and O–H groups in total. The highest BCUT2D eigenvalue weighted by Gasteiger charge is 2.12. The van der Waals surface area contributed by atoms with Crippen molar-refractivity contribution >= 4 is 11.3 Å². The summed E-state index contributed by atoms with van der Waals surface area (Å²) in [6.45, 7) is 2.00. The van der Waals surface area contributed by atoms with Crippen molar-refractivity contribution in [3.8, 4) is 0 Å². The summed E-state index contributed by atoms with van der Waals surface area (Å²) in [7, 11) is 1.87. The number of hydrogen-bond donors (Lipinski definition) is 1. The Morgan fingerprint density at radius 1 is 1.60 bits per heavy atom. The van der Waals surface area contributed by atoms with Crippen molar-refractivity contribution in [2.45, 2.75) is 19.4 Å². The zero-order valence-electron chi connectivity index (χ0n) is 8.73. The van der Waals surface area contributed by atoms with Crippen LogP contribution in [0.5, 0.6) is 0 Å². The van der Waals surface area contributed by atoms with E-state index >= 15 is 0 Å². The molecule has 0 aliphatic carbocycles. The quantitative estimate of drug-likeness (QED) is 0.861. The van der Waals surface area contributed by atoms with Gasteiger partial charge in [0.05, 0.1) is 12.5 Å². The van der Waals surface area contributed by atoms with Gasteiger partial charge in [0.25, 0.3) is 0 Å². The van der Waals surface area contributed by atoms with Gasteiger partial charge in [-0.25, -0.2) is 0 Å². The summed E-state index contributed by atoms with van der Waals surface area (Å²) >= 11 is 1.70. The molecule has 2 aromatic rings. The molecule has 1 atom stereocenters. The second-order valence-corrected chi connectivity index (χ2v) is 4.35. The highest BCUT2D eigenvalue weighted by atomic mass is 32.1. The van der Waals surface area contributed by atoms with Gasteiger partial charge in [0.15, 0.2) is 5.82 Å². The molecular weight excluding hydrogens is 210 g/mol. The van der Waals surface area contributed by atoms with Crippen LogP contribution in [0.1, 0.15) is 29.6 Å². The zero-order chi connectivity index (χ0) is 10.7. The van der Waals surface area contributed by atoms with Crippen molar-refractivity contribution in [1.82, 2.24) is 15.5 Å². The van der Waals surface area contributed by atoms with Crippen LogP contribution in [0, 0.1) is 0 Å². The van der Waals surface area contributed by atoms with Crippen molar-refractivity contribution in [3.63, 3.8) is 0 Å². The molecule has 1 unspecified atom stereocenters. The Bertz CT molecular complexity index is 410. The molecule has 5 heteroatoms. The molecule has 0 bridgehead atoms. The normalized spacial score (nSPS) is 12.9. The van der Waals surface area contributed by atoms with Crippen LogP contribution in [0.25, 0.3) is 0 Å². The highest BCUT2D eigenvalue weighted by molar-refractivity contribution is 7.09. The Morgan fingerprint density at radius 3 is 3.13 bits per heavy atom. The summed E-state index contributed by atoms with van der Waals surface area (Å²) in [5.74, 6) is 1.39. The lowest BCUT2D eigenvalue weighted by atomic mass is 10.3. The van der Waals surface area contributed by atoms with Crippen molar-refractivity contribution in [3.05, 3.63) is 34.1 Å². The SMILES string of the molecule is CNC(C)c1noc(Cc2cccs2)n1. The first kappa shape index (κ1) is 10.3. The average Bonchev–Trinajstić information content (AvgIpc) is 2.88. The van der Waals surface area contributed by atoms with Crippen molar-refractivity contribution in [2.75, 3.05) is 7.05 Å². The average molecular weight is 223 g/mol. The molecule has 80 valence electrons. The number of nitrogens with zero attached hydrogens (tertiary/aromatic N) is 2. The molecule has 2 rings (SSSR count). The first-order chi connectivity index (χ1) is 7.29. The lowest BCUT2D eigenvalue weighted by molar-refractivity contribution is 0.374. The van der Waals surface area contributed by atoms with Gasteiger partial charge in [-0.1, -0.05) is 11.2 Å². The standard InChI is InChI=1S/C10H13N3OS/c1-7(11-2)10-12-9(14-13-10)6-8-4-3-5-15-8/h3-5,7,11H,6H2,1-2H3. The van der Waals surface area contributed by atoms with Crippen LogP contribution in [-0.4, -0.2) is 17.2 Å². The zero-order valence-corrected chi connectivity index (χ0v) is 9.54. The summed E-state index contributed by atoms with van der Waals surface area (Å²) < 4.78 is 5.17. The van der Waals surface area contributed by atoms with E-state index < -0.39 is 0 Å². The van der Waals surface area contributed by atoms with Gasteiger partial charge in [-0.15, -0.1) is 11.3 Å². The van der Waals surface area contributed by atoms with Crippen LogP contribution in [-0.2, 0) is 6.42 Å². The predicted molar refractivity (Wildman–Crippen MR) is 58.9 cm³/mol. The molecule has 0 radical (unpaired) electrons. The van der Waals surface area contributed by atoms with E-state index in [-0.39, 0.29) is 6.04 Å². The Hall–Kier alpha value is -1.20. The topological polar surface area (TPSA) is 51.0 Å². The van der Waals surface area contributed by atoms with E-state index in [1.165, 1.54) is 4.88 Å². The number of hydrogen-bond acceptors (Lipinski definition) is 5. The van der Waals surface area contributed by atoms with E-state index in [2.05, 4.69) is 21.5 Å². The van der Waals surface area contributed by atoms with E-state index in [9.17, 15) is 0 Å². The molecule has 0 spiro atoms. The van der Waals surface area contributed by atoms with Gasteiger partial charge in [0, 0.05) is 4.88 Å². The summed E-state index contributed by atoms with van der Waals surface area (Å²) in [6.07, 6.45) is 0.723. The van der Waals surface area contributed by atoms with E-state index in [1.54, 1.807) is 11.3 Å². The molecule has 15 heavy (non-hydrogen) atoms. The van der Waals surface area contributed by atoms with Gasteiger partial charge in [0.1, 0.15) is 0 Å². The van der Waals surface area contributed by atoms with Crippen LogP contribution >= 0.6 is 11.3 Å². The predicted octanol–water partition coefficient (Wildman–Crippen LogP) is 2.00. The molecule has 0 aliphatic rings. The smallest absolute Gasteiger partial charge is 0.231 e. The van der Waals surface area contributed by atoms with Crippen LogP contribution in [0.2, 0.25) is 0 Å². The lowest BCUT2D eigenvalue weighted by Gasteiger charge is -2.01. The number of rotatable bonds is 4. The lowest BCUT2D eigenvalue weighted by Crippen LogP contribution is -2.13. The van der Waals surface area contributed by atoms with E-state index in [0.29, 0.717) is 11.7 Å². The minimum absolute atomic E-state index is 0.130. The van der Waals surface area contributed by atoms with Crippen LogP contribution in [0.4, 0.5) is 0 Å². The molecule has 4 nitrogen and oxygen atoms in total. The van der Waals surface area contributed by atoms with Crippen molar-refractivity contribution in [1.29, 1.82) is 0 Å².